The first-order valence-corrected chi connectivity index (χ1v) is 6.57. The number of ether oxygens (including phenoxy) is 1. The summed E-state index contributed by atoms with van der Waals surface area (Å²) in [5.74, 6) is -1.47. The van der Waals surface area contributed by atoms with E-state index in [0.717, 1.165) is 19.3 Å². The number of amides is 1. The zero-order valence-corrected chi connectivity index (χ0v) is 11.8. The van der Waals surface area contributed by atoms with Crippen LogP contribution in [0.1, 0.15) is 47.0 Å². The minimum atomic E-state index is -1.08. The number of unbranched alkanes of at least 4 members (excludes halogenated alkanes) is 1. The molecule has 0 saturated carbocycles. The molecule has 6 nitrogen and oxygen atoms in total. The van der Waals surface area contributed by atoms with Crippen molar-refractivity contribution in [3.05, 3.63) is 29.6 Å². The van der Waals surface area contributed by atoms with Crippen LogP contribution in [-0.4, -0.2) is 41.7 Å². The van der Waals surface area contributed by atoms with Gasteiger partial charge in [-0.1, -0.05) is 19.8 Å². The summed E-state index contributed by atoms with van der Waals surface area (Å²) in [6.45, 7) is 2.49. The summed E-state index contributed by atoms with van der Waals surface area (Å²) in [6, 6.07) is 2.52. The second-order valence-electron chi connectivity index (χ2n) is 4.50. The van der Waals surface area contributed by atoms with Crippen molar-refractivity contribution in [1.29, 1.82) is 0 Å². The van der Waals surface area contributed by atoms with Gasteiger partial charge in [0.25, 0.3) is 5.91 Å². The van der Waals surface area contributed by atoms with Gasteiger partial charge in [0.1, 0.15) is 5.69 Å². The largest absolute Gasteiger partial charge is 0.478 e. The van der Waals surface area contributed by atoms with Crippen LogP contribution in [0.15, 0.2) is 18.3 Å². The number of nitrogens with zero attached hydrogens (tertiary/aromatic N) is 1. The maximum absolute atomic E-state index is 12.0. The summed E-state index contributed by atoms with van der Waals surface area (Å²) in [4.78, 5) is 26.8. The first-order valence-electron chi connectivity index (χ1n) is 6.57. The van der Waals surface area contributed by atoms with Crippen molar-refractivity contribution in [2.24, 2.45) is 0 Å². The molecule has 1 rings (SSSR count). The molecular formula is C14H20N2O4. The van der Waals surface area contributed by atoms with Crippen LogP contribution in [0.4, 0.5) is 0 Å². The van der Waals surface area contributed by atoms with E-state index in [4.69, 9.17) is 9.84 Å². The van der Waals surface area contributed by atoms with Crippen molar-refractivity contribution in [1.82, 2.24) is 10.3 Å². The predicted octanol–water partition coefficient (Wildman–Crippen LogP) is 1.71. The zero-order valence-electron chi connectivity index (χ0n) is 11.8. The Kier molecular flexibility index (Phi) is 6.66. The van der Waals surface area contributed by atoms with Gasteiger partial charge in [-0.25, -0.2) is 4.79 Å². The van der Waals surface area contributed by atoms with Gasteiger partial charge in [0.2, 0.25) is 0 Å². The number of carbonyl (C=O) groups excluding carboxylic acids is 1. The first kappa shape index (κ1) is 16.1. The average Bonchev–Trinajstić information content (AvgIpc) is 2.45. The Morgan fingerprint density at radius 2 is 2.25 bits per heavy atom. The van der Waals surface area contributed by atoms with Crippen LogP contribution < -0.4 is 5.32 Å². The lowest BCUT2D eigenvalue weighted by Crippen LogP contribution is -2.38. The molecule has 1 heterocycles. The van der Waals surface area contributed by atoms with Gasteiger partial charge in [0.05, 0.1) is 18.2 Å². The van der Waals surface area contributed by atoms with E-state index in [0.29, 0.717) is 6.61 Å². The van der Waals surface area contributed by atoms with Crippen molar-refractivity contribution in [3.8, 4) is 0 Å². The highest BCUT2D eigenvalue weighted by molar-refractivity contribution is 5.95. The minimum absolute atomic E-state index is 0.0435. The maximum Gasteiger partial charge on any atom is 0.335 e. The third-order valence-electron chi connectivity index (χ3n) is 2.85. The van der Waals surface area contributed by atoms with Crippen molar-refractivity contribution in [3.63, 3.8) is 0 Å². The monoisotopic (exact) mass is 280 g/mol. The maximum atomic E-state index is 12.0. The van der Waals surface area contributed by atoms with Gasteiger partial charge in [-0.05, 0) is 18.6 Å². The topological polar surface area (TPSA) is 88.5 Å². The van der Waals surface area contributed by atoms with E-state index in [1.807, 2.05) is 0 Å². The molecule has 6 heteroatoms. The number of nitrogens with one attached hydrogen (secondary N) is 1. The fourth-order valence-corrected chi connectivity index (χ4v) is 1.80. The molecule has 1 unspecified atom stereocenters. The molecule has 1 amide bonds. The molecule has 0 radical (unpaired) electrons. The van der Waals surface area contributed by atoms with Crippen LogP contribution in [0.2, 0.25) is 0 Å². The SMILES string of the molecule is CCCCC(COC)NC(=O)c1cc(C(=O)O)ccn1. The van der Waals surface area contributed by atoms with E-state index in [9.17, 15) is 9.59 Å². The highest BCUT2D eigenvalue weighted by atomic mass is 16.5. The third kappa shape index (κ3) is 4.97. The van der Waals surface area contributed by atoms with E-state index < -0.39 is 5.97 Å². The molecule has 20 heavy (non-hydrogen) atoms. The highest BCUT2D eigenvalue weighted by Crippen LogP contribution is 2.05. The molecule has 1 aromatic rings. The average molecular weight is 280 g/mol. The number of methoxy groups -OCH3 is 1. The molecule has 2 N–H and O–H groups in total. The van der Waals surface area contributed by atoms with Crippen molar-refractivity contribution in [2.75, 3.05) is 13.7 Å². The van der Waals surface area contributed by atoms with Gasteiger partial charge in [-0.2, -0.15) is 0 Å². The Hall–Kier alpha value is -1.95. The van der Waals surface area contributed by atoms with Crippen LogP contribution in [0, 0.1) is 0 Å². The molecule has 0 bridgehead atoms. The number of hydrogen-bond donors (Lipinski definition) is 2. The van der Waals surface area contributed by atoms with E-state index in [2.05, 4.69) is 17.2 Å². The molecule has 1 atom stereocenters. The second kappa shape index (κ2) is 8.27. The first-order chi connectivity index (χ1) is 9.58. The lowest BCUT2D eigenvalue weighted by molar-refractivity contribution is 0.0696. The van der Waals surface area contributed by atoms with Crippen molar-refractivity contribution in [2.45, 2.75) is 32.2 Å². The summed E-state index contributed by atoms with van der Waals surface area (Å²) in [5.41, 5.74) is 0.143. The molecule has 0 saturated heterocycles. The van der Waals surface area contributed by atoms with Crippen LogP contribution >= 0.6 is 0 Å². The lowest BCUT2D eigenvalue weighted by atomic mass is 10.1. The van der Waals surface area contributed by atoms with Crippen LogP contribution in [0.3, 0.4) is 0 Å². The summed E-state index contributed by atoms with van der Waals surface area (Å²) in [7, 11) is 1.58. The molecule has 0 spiro atoms. The van der Waals surface area contributed by atoms with Gasteiger partial charge in [-0.15, -0.1) is 0 Å². The van der Waals surface area contributed by atoms with Gasteiger partial charge < -0.3 is 15.2 Å². The Balaban J connectivity index is 2.72. The zero-order chi connectivity index (χ0) is 15.0. The fraction of sp³-hybridized carbons (Fsp3) is 0.500. The summed E-state index contributed by atoms with van der Waals surface area (Å²) in [5, 5.41) is 11.7. The summed E-state index contributed by atoms with van der Waals surface area (Å²) < 4.78 is 5.07. The highest BCUT2D eigenvalue weighted by Gasteiger charge is 2.15. The molecule has 0 fully saturated rings. The van der Waals surface area contributed by atoms with Gasteiger partial charge >= 0.3 is 5.97 Å². The van der Waals surface area contributed by atoms with Crippen LogP contribution in [0.5, 0.6) is 0 Å². The van der Waals surface area contributed by atoms with Crippen LogP contribution in [-0.2, 0) is 4.74 Å². The summed E-state index contributed by atoms with van der Waals surface area (Å²) >= 11 is 0. The number of hydrogen-bond acceptors (Lipinski definition) is 4. The van der Waals surface area contributed by atoms with Crippen LogP contribution in [0.25, 0.3) is 0 Å². The molecule has 110 valence electrons. The summed E-state index contributed by atoms with van der Waals surface area (Å²) in [6.07, 6.45) is 4.14. The van der Waals surface area contributed by atoms with E-state index in [-0.39, 0.29) is 23.2 Å². The fourth-order valence-electron chi connectivity index (χ4n) is 1.80. The number of carboxylic acids is 1. The quantitative estimate of drug-likeness (QED) is 0.757. The molecule has 0 aliphatic heterocycles. The van der Waals surface area contributed by atoms with E-state index >= 15 is 0 Å². The predicted molar refractivity (Wildman–Crippen MR) is 73.9 cm³/mol. The Morgan fingerprint density at radius 3 is 2.85 bits per heavy atom. The van der Waals surface area contributed by atoms with Crippen molar-refractivity contribution < 1.29 is 19.4 Å². The number of aromatic carboxylic acids is 1. The Morgan fingerprint density at radius 1 is 1.50 bits per heavy atom. The van der Waals surface area contributed by atoms with Crippen molar-refractivity contribution >= 4 is 11.9 Å². The molecular weight excluding hydrogens is 260 g/mol. The number of pyridine rings is 1. The second-order valence-corrected chi connectivity index (χ2v) is 4.50. The normalized spacial score (nSPS) is 11.9. The Labute approximate surface area is 118 Å². The van der Waals surface area contributed by atoms with Gasteiger partial charge in [0, 0.05) is 13.3 Å². The molecule has 0 aromatic carbocycles. The smallest absolute Gasteiger partial charge is 0.335 e. The number of rotatable bonds is 8. The number of carbonyl (C=O) groups is 2. The lowest BCUT2D eigenvalue weighted by Gasteiger charge is -2.17. The van der Waals surface area contributed by atoms with Gasteiger partial charge in [0.15, 0.2) is 0 Å². The Bertz CT molecular complexity index is 462. The third-order valence-corrected chi connectivity index (χ3v) is 2.85. The molecule has 0 aliphatic rings. The van der Waals surface area contributed by atoms with E-state index in [1.165, 1.54) is 18.3 Å². The molecule has 1 aromatic heterocycles. The molecule has 0 aliphatic carbocycles. The minimum Gasteiger partial charge on any atom is -0.478 e. The van der Waals surface area contributed by atoms with E-state index in [1.54, 1.807) is 7.11 Å². The number of carboxylic acid groups (broad SMARTS) is 1. The standard InChI is InChI=1S/C14H20N2O4/c1-3-4-5-11(9-20-2)16-13(17)12-8-10(14(18)19)6-7-15-12/h6-8,11H,3-5,9H2,1-2H3,(H,16,17)(H,18,19). The number of aromatic nitrogens is 1. The van der Waals surface area contributed by atoms with Gasteiger partial charge in [-0.3, -0.25) is 9.78 Å².